The van der Waals surface area contributed by atoms with E-state index in [2.05, 4.69) is 44.0 Å². The van der Waals surface area contributed by atoms with Crippen molar-refractivity contribution in [3.05, 3.63) is 124 Å². The zero-order valence-electron chi connectivity index (χ0n) is 20.7. The number of thiocarbonyl (C=S) groups is 1. The van der Waals surface area contributed by atoms with Gasteiger partial charge in [0.2, 0.25) is 0 Å². The van der Waals surface area contributed by atoms with E-state index in [0.717, 1.165) is 17.7 Å². The Labute approximate surface area is 235 Å². The fourth-order valence-electron chi connectivity index (χ4n) is 3.68. The first-order valence-corrected chi connectivity index (χ1v) is 13.1. The zero-order valence-corrected chi connectivity index (χ0v) is 23.1. The number of hydrogen-bond donors (Lipinski definition) is 3. The van der Waals surface area contributed by atoms with Crippen LogP contribution >= 0.6 is 28.1 Å². The number of carbonyl (C=O) groups is 2. The molecule has 0 aliphatic rings. The van der Waals surface area contributed by atoms with Gasteiger partial charge in [-0.25, -0.2) is 0 Å². The fourth-order valence-corrected chi connectivity index (χ4v) is 4.39. The molecule has 6 nitrogen and oxygen atoms in total. The third-order valence-electron chi connectivity index (χ3n) is 5.57. The van der Waals surface area contributed by atoms with Crippen molar-refractivity contribution in [1.82, 2.24) is 5.32 Å². The highest BCUT2D eigenvalue weighted by atomic mass is 79.9. The summed E-state index contributed by atoms with van der Waals surface area (Å²) in [5.41, 5.74) is 4.42. The molecule has 0 unspecified atom stereocenters. The Morgan fingerprint density at radius 2 is 1.50 bits per heavy atom. The van der Waals surface area contributed by atoms with Gasteiger partial charge in [-0.3, -0.25) is 14.9 Å². The molecule has 0 fully saturated rings. The van der Waals surface area contributed by atoms with Crippen LogP contribution in [0.1, 0.15) is 31.8 Å². The summed E-state index contributed by atoms with van der Waals surface area (Å²) in [5.74, 6) is 0.0384. The number of carbonyl (C=O) groups excluding carboxylic acids is 2. The van der Waals surface area contributed by atoms with Gasteiger partial charge in [-0.05, 0) is 94.7 Å². The van der Waals surface area contributed by atoms with Gasteiger partial charge in [0.1, 0.15) is 5.75 Å². The van der Waals surface area contributed by atoms with Crippen LogP contribution < -0.4 is 20.7 Å². The number of benzene rings is 4. The largest absolute Gasteiger partial charge is 0.492 e. The minimum Gasteiger partial charge on any atom is -0.492 e. The molecule has 2 amide bonds. The van der Waals surface area contributed by atoms with Gasteiger partial charge in [-0.15, -0.1) is 0 Å². The molecule has 8 heteroatoms. The highest BCUT2D eigenvalue weighted by molar-refractivity contribution is 9.10. The van der Waals surface area contributed by atoms with Gasteiger partial charge in [0.25, 0.3) is 11.8 Å². The second-order valence-electron chi connectivity index (χ2n) is 8.54. The minimum atomic E-state index is -0.368. The van der Waals surface area contributed by atoms with Crippen LogP contribution in [0.3, 0.4) is 0 Å². The van der Waals surface area contributed by atoms with Gasteiger partial charge in [-0.1, -0.05) is 48.5 Å². The Bertz CT molecular complexity index is 1460. The average molecular weight is 589 g/mol. The van der Waals surface area contributed by atoms with Gasteiger partial charge < -0.3 is 15.4 Å². The summed E-state index contributed by atoms with van der Waals surface area (Å²) in [6.45, 7) is 2.48. The normalized spacial score (nSPS) is 10.4. The first-order chi connectivity index (χ1) is 18.4. The molecule has 0 aromatic heterocycles. The molecule has 0 atom stereocenters. The number of anilines is 2. The first-order valence-electron chi connectivity index (χ1n) is 11.9. The van der Waals surface area contributed by atoms with Gasteiger partial charge in [0, 0.05) is 28.9 Å². The molecule has 38 heavy (non-hydrogen) atoms. The third kappa shape index (κ3) is 7.74. The van der Waals surface area contributed by atoms with Crippen molar-refractivity contribution < 1.29 is 14.3 Å². The summed E-state index contributed by atoms with van der Waals surface area (Å²) in [6, 6.07) is 29.7. The molecule has 0 bridgehead atoms. The predicted octanol–water partition coefficient (Wildman–Crippen LogP) is 6.76. The van der Waals surface area contributed by atoms with Crippen LogP contribution in [0, 0.1) is 6.92 Å². The summed E-state index contributed by atoms with van der Waals surface area (Å²) in [4.78, 5) is 25.4. The summed E-state index contributed by atoms with van der Waals surface area (Å²) in [6.07, 6.45) is 0.782. The standard InChI is InChI=1S/C30H26BrN3O3S/c1-20-7-5-11-24(17-20)32-28(35)22-10-6-12-25(18-22)33-30(38)34-29(36)23-13-14-27(26(31)19-23)37-16-15-21-8-3-2-4-9-21/h2-14,17-19H,15-16H2,1H3,(H,32,35)(H2,33,34,36,38). The molecular weight excluding hydrogens is 562 g/mol. The Morgan fingerprint density at radius 3 is 2.24 bits per heavy atom. The molecule has 4 aromatic rings. The van der Waals surface area contributed by atoms with E-state index < -0.39 is 0 Å². The quantitative estimate of drug-likeness (QED) is 0.198. The molecule has 0 radical (unpaired) electrons. The molecule has 0 heterocycles. The van der Waals surface area contributed by atoms with Crippen LogP contribution in [0.2, 0.25) is 0 Å². The maximum Gasteiger partial charge on any atom is 0.257 e. The zero-order chi connectivity index (χ0) is 26.9. The minimum absolute atomic E-state index is 0.116. The molecule has 0 aliphatic carbocycles. The molecule has 0 aliphatic heterocycles. The molecule has 4 aromatic carbocycles. The van der Waals surface area contributed by atoms with E-state index in [0.29, 0.717) is 33.6 Å². The van der Waals surface area contributed by atoms with E-state index in [9.17, 15) is 9.59 Å². The van der Waals surface area contributed by atoms with Gasteiger partial charge in [0.05, 0.1) is 11.1 Å². The van der Waals surface area contributed by atoms with Crippen LogP contribution in [0.25, 0.3) is 0 Å². The van der Waals surface area contributed by atoms with E-state index in [1.165, 1.54) is 5.56 Å². The number of halogens is 1. The molecule has 3 N–H and O–H groups in total. The number of rotatable bonds is 8. The Balaban J connectivity index is 1.30. The fraction of sp³-hybridized carbons (Fsp3) is 0.100. The smallest absolute Gasteiger partial charge is 0.257 e. The number of hydrogen-bond acceptors (Lipinski definition) is 4. The van der Waals surface area contributed by atoms with Crippen molar-refractivity contribution in [3.63, 3.8) is 0 Å². The van der Waals surface area contributed by atoms with E-state index in [1.54, 1.807) is 42.5 Å². The maximum atomic E-state index is 12.7. The lowest BCUT2D eigenvalue weighted by molar-refractivity contribution is 0.0976. The second kappa shape index (κ2) is 13.0. The van der Waals surface area contributed by atoms with Crippen LogP contribution in [0.5, 0.6) is 5.75 Å². The Morgan fingerprint density at radius 1 is 0.789 bits per heavy atom. The summed E-state index contributed by atoms with van der Waals surface area (Å²) in [5, 5.41) is 8.63. The topological polar surface area (TPSA) is 79.5 Å². The Kier molecular flexibility index (Phi) is 9.24. The van der Waals surface area contributed by atoms with Crippen LogP contribution in [0.4, 0.5) is 11.4 Å². The van der Waals surface area contributed by atoms with E-state index in [4.69, 9.17) is 17.0 Å². The lowest BCUT2D eigenvalue weighted by Gasteiger charge is -2.12. The lowest BCUT2D eigenvalue weighted by Crippen LogP contribution is -2.34. The molecular formula is C30H26BrN3O3S. The average Bonchev–Trinajstić information content (AvgIpc) is 2.90. The van der Waals surface area contributed by atoms with Crippen molar-refractivity contribution in [1.29, 1.82) is 0 Å². The van der Waals surface area contributed by atoms with Crippen LogP contribution in [0.15, 0.2) is 102 Å². The van der Waals surface area contributed by atoms with Crippen molar-refractivity contribution in [2.45, 2.75) is 13.3 Å². The molecule has 4 rings (SSSR count). The first kappa shape index (κ1) is 27.0. The summed E-state index contributed by atoms with van der Waals surface area (Å²) < 4.78 is 6.53. The monoisotopic (exact) mass is 587 g/mol. The van der Waals surface area contributed by atoms with E-state index in [-0.39, 0.29) is 16.9 Å². The molecule has 0 spiro atoms. The number of nitrogens with one attached hydrogen (secondary N) is 3. The molecule has 0 saturated carbocycles. The highest BCUT2D eigenvalue weighted by Gasteiger charge is 2.12. The summed E-state index contributed by atoms with van der Waals surface area (Å²) in [7, 11) is 0. The van der Waals surface area contributed by atoms with Crippen LogP contribution in [-0.4, -0.2) is 23.5 Å². The molecule has 0 saturated heterocycles. The second-order valence-corrected chi connectivity index (χ2v) is 9.80. The van der Waals surface area contributed by atoms with Crippen molar-refractivity contribution in [2.75, 3.05) is 17.2 Å². The maximum absolute atomic E-state index is 12.7. The lowest BCUT2D eigenvalue weighted by atomic mass is 10.1. The Hall–Kier alpha value is -4.01. The SMILES string of the molecule is Cc1cccc(NC(=O)c2cccc(NC(=S)NC(=O)c3ccc(OCCc4ccccc4)c(Br)c3)c2)c1. The van der Waals surface area contributed by atoms with Crippen molar-refractivity contribution in [3.8, 4) is 5.75 Å². The van der Waals surface area contributed by atoms with Gasteiger partial charge in [-0.2, -0.15) is 0 Å². The predicted molar refractivity (Wildman–Crippen MR) is 159 cm³/mol. The number of ether oxygens (including phenoxy) is 1. The number of aryl methyl sites for hydroxylation is 1. The highest BCUT2D eigenvalue weighted by Crippen LogP contribution is 2.26. The summed E-state index contributed by atoms with van der Waals surface area (Å²) >= 11 is 8.80. The third-order valence-corrected chi connectivity index (χ3v) is 6.39. The van der Waals surface area contributed by atoms with E-state index >= 15 is 0 Å². The van der Waals surface area contributed by atoms with Crippen molar-refractivity contribution >= 4 is 56.4 Å². The van der Waals surface area contributed by atoms with Gasteiger partial charge in [0.15, 0.2) is 5.11 Å². The number of amides is 2. The van der Waals surface area contributed by atoms with Gasteiger partial charge >= 0.3 is 0 Å². The van der Waals surface area contributed by atoms with E-state index in [1.807, 2.05) is 49.4 Å². The van der Waals surface area contributed by atoms with Crippen LogP contribution in [-0.2, 0) is 6.42 Å². The molecule has 192 valence electrons. The van der Waals surface area contributed by atoms with Crippen molar-refractivity contribution in [2.24, 2.45) is 0 Å².